The molecule has 0 spiro atoms. The molecule has 96 valence electrons. The molecule has 1 atom stereocenters. The predicted octanol–water partition coefficient (Wildman–Crippen LogP) is 3.49. The van der Waals surface area contributed by atoms with Crippen LogP contribution in [0.2, 0.25) is 0 Å². The molecular weight excluding hydrogens is 230 g/mol. The molecule has 0 amide bonds. The van der Waals surface area contributed by atoms with E-state index in [1.165, 1.54) is 17.7 Å². The third-order valence-electron chi connectivity index (χ3n) is 2.58. The second-order valence-corrected chi connectivity index (χ2v) is 5.11. The summed E-state index contributed by atoms with van der Waals surface area (Å²) in [5.74, 6) is 3.28. The van der Waals surface area contributed by atoms with Crippen molar-refractivity contribution in [3.8, 4) is 5.75 Å². The lowest BCUT2D eigenvalue weighted by molar-refractivity contribution is 0.413. The van der Waals surface area contributed by atoms with Crippen molar-refractivity contribution in [1.82, 2.24) is 5.32 Å². The summed E-state index contributed by atoms with van der Waals surface area (Å²) in [5, 5.41) is 3.53. The predicted molar refractivity (Wildman–Crippen MR) is 77.0 cm³/mol. The molecule has 17 heavy (non-hydrogen) atoms. The van der Waals surface area contributed by atoms with Gasteiger partial charge in [-0.2, -0.15) is 11.8 Å². The van der Waals surface area contributed by atoms with Gasteiger partial charge in [0.25, 0.3) is 0 Å². The van der Waals surface area contributed by atoms with Crippen LogP contribution in [-0.4, -0.2) is 25.2 Å². The van der Waals surface area contributed by atoms with Crippen LogP contribution in [0.1, 0.15) is 31.9 Å². The number of benzene rings is 1. The molecule has 1 aromatic rings. The summed E-state index contributed by atoms with van der Waals surface area (Å²) < 4.78 is 5.27. The molecule has 0 aliphatic rings. The molecule has 1 N–H and O–H groups in total. The third kappa shape index (κ3) is 5.00. The number of methoxy groups -OCH3 is 1. The number of hydrogen-bond donors (Lipinski definition) is 1. The van der Waals surface area contributed by atoms with E-state index in [4.69, 9.17) is 4.74 Å². The third-order valence-corrected chi connectivity index (χ3v) is 3.85. The largest absolute Gasteiger partial charge is 0.497 e. The lowest BCUT2D eigenvalue weighted by atomic mass is 10.1. The van der Waals surface area contributed by atoms with Crippen molar-refractivity contribution in [3.05, 3.63) is 29.8 Å². The fourth-order valence-corrected chi connectivity index (χ4v) is 2.72. The smallest absolute Gasteiger partial charge is 0.119 e. The van der Waals surface area contributed by atoms with E-state index < -0.39 is 0 Å². The zero-order valence-electron chi connectivity index (χ0n) is 11.0. The Bertz CT molecular complexity index is 317. The molecule has 0 aliphatic heterocycles. The van der Waals surface area contributed by atoms with Gasteiger partial charge in [0.1, 0.15) is 5.75 Å². The molecule has 0 aromatic heterocycles. The SMILES string of the molecule is CCCSCC(NCC)c1cccc(OC)c1. The summed E-state index contributed by atoms with van der Waals surface area (Å²) in [6, 6.07) is 8.77. The Kier molecular flexibility index (Phi) is 7.13. The van der Waals surface area contributed by atoms with Crippen molar-refractivity contribution < 1.29 is 4.74 Å². The summed E-state index contributed by atoms with van der Waals surface area (Å²) in [5.41, 5.74) is 1.31. The van der Waals surface area contributed by atoms with Crippen LogP contribution < -0.4 is 10.1 Å². The first-order valence-corrected chi connectivity index (χ1v) is 7.42. The minimum absolute atomic E-state index is 0.423. The quantitative estimate of drug-likeness (QED) is 0.717. The van der Waals surface area contributed by atoms with Crippen molar-refractivity contribution in [1.29, 1.82) is 0 Å². The highest BCUT2D eigenvalue weighted by atomic mass is 32.2. The van der Waals surface area contributed by atoms with Gasteiger partial charge in [-0.3, -0.25) is 0 Å². The van der Waals surface area contributed by atoms with Crippen molar-refractivity contribution in [2.75, 3.05) is 25.2 Å². The Hall–Kier alpha value is -0.670. The van der Waals surface area contributed by atoms with E-state index in [0.29, 0.717) is 6.04 Å². The molecule has 0 heterocycles. The van der Waals surface area contributed by atoms with Gasteiger partial charge in [0.05, 0.1) is 7.11 Å². The van der Waals surface area contributed by atoms with Crippen LogP contribution in [0.25, 0.3) is 0 Å². The fourth-order valence-electron chi connectivity index (χ4n) is 1.72. The minimum Gasteiger partial charge on any atom is -0.497 e. The lowest BCUT2D eigenvalue weighted by Crippen LogP contribution is -2.23. The standard InChI is InChI=1S/C14H23NOS/c1-4-9-17-11-14(15-5-2)12-7-6-8-13(10-12)16-3/h6-8,10,14-15H,4-5,9,11H2,1-3H3. The summed E-state index contributed by atoms with van der Waals surface area (Å²) >= 11 is 2.01. The highest BCUT2D eigenvalue weighted by Gasteiger charge is 2.10. The van der Waals surface area contributed by atoms with Crippen molar-refractivity contribution in [3.63, 3.8) is 0 Å². The molecule has 1 aromatic carbocycles. The van der Waals surface area contributed by atoms with Gasteiger partial charge in [0.2, 0.25) is 0 Å². The van der Waals surface area contributed by atoms with Crippen LogP contribution in [0.4, 0.5) is 0 Å². The summed E-state index contributed by atoms with van der Waals surface area (Å²) in [7, 11) is 1.72. The monoisotopic (exact) mass is 253 g/mol. The zero-order valence-corrected chi connectivity index (χ0v) is 11.8. The van der Waals surface area contributed by atoms with E-state index in [0.717, 1.165) is 18.0 Å². The molecular formula is C14H23NOS. The lowest BCUT2D eigenvalue weighted by Gasteiger charge is -2.18. The first-order valence-electron chi connectivity index (χ1n) is 6.26. The summed E-state index contributed by atoms with van der Waals surface area (Å²) in [4.78, 5) is 0. The Balaban J connectivity index is 2.66. The van der Waals surface area contributed by atoms with Crippen molar-refractivity contribution >= 4 is 11.8 Å². The molecule has 1 rings (SSSR count). The Labute approximate surface area is 109 Å². The number of rotatable bonds is 8. The number of thioether (sulfide) groups is 1. The molecule has 0 saturated heterocycles. The van der Waals surface area contributed by atoms with Crippen LogP contribution in [-0.2, 0) is 0 Å². The highest BCUT2D eigenvalue weighted by molar-refractivity contribution is 7.99. The van der Waals surface area contributed by atoms with Crippen LogP contribution >= 0.6 is 11.8 Å². The highest BCUT2D eigenvalue weighted by Crippen LogP contribution is 2.22. The first-order chi connectivity index (χ1) is 8.31. The molecule has 0 bridgehead atoms. The molecule has 2 nitrogen and oxygen atoms in total. The molecule has 1 unspecified atom stereocenters. The van der Waals surface area contributed by atoms with Gasteiger partial charge in [-0.05, 0) is 36.4 Å². The van der Waals surface area contributed by atoms with Gasteiger partial charge in [-0.15, -0.1) is 0 Å². The van der Waals surface area contributed by atoms with Gasteiger partial charge in [-0.1, -0.05) is 26.0 Å². The zero-order chi connectivity index (χ0) is 12.5. The maximum absolute atomic E-state index is 5.27. The van der Waals surface area contributed by atoms with Crippen molar-refractivity contribution in [2.45, 2.75) is 26.3 Å². The van der Waals surface area contributed by atoms with E-state index in [9.17, 15) is 0 Å². The van der Waals surface area contributed by atoms with E-state index in [1.807, 2.05) is 17.8 Å². The molecule has 0 aliphatic carbocycles. The maximum atomic E-state index is 5.27. The van der Waals surface area contributed by atoms with E-state index in [1.54, 1.807) is 7.11 Å². The molecule has 0 radical (unpaired) electrons. The van der Waals surface area contributed by atoms with Crippen LogP contribution in [0.15, 0.2) is 24.3 Å². The van der Waals surface area contributed by atoms with E-state index in [2.05, 4.69) is 37.4 Å². The number of nitrogens with one attached hydrogen (secondary N) is 1. The van der Waals surface area contributed by atoms with Gasteiger partial charge in [-0.25, -0.2) is 0 Å². The Morgan fingerprint density at radius 1 is 1.35 bits per heavy atom. The summed E-state index contributed by atoms with van der Waals surface area (Å²) in [6.07, 6.45) is 1.24. The van der Waals surface area contributed by atoms with Gasteiger partial charge >= 0.3 is 0 Å². The van der Waals surface area contributed by atoms with Gasteiger partial charge < -0.3 is 10.1 Å². The first kappa shape index (κ1) is 14.4. The maximum Gasteiger partial charge on any atom is 0.119 e. The van der Waals surface area contributed by atoms with E-state index >= 15 is 0 Å². The second kappa shape index (κ2) is 8.43. The van der Waals surface area contributed by atoms with Gasteiger partial charge in [0, 0.05) is 11.8 Å². The average molecular weight is 253 g/mol. The number of hydrogen-bond acceptors (Lipinski definition) is 3. The average Bonchev–Trinajstić information content (AvgIpc) is 2.38. The number of ether oxygens (including phenoxy) is 1. The topological polar surface area (TPSA) is 21.3 Å². The molecule has 0 fully saturated rings. The normalized spacial score (nSPS) is 12.4. The second-order valence-electron chi connectivity index (χ2n) is 3.96. The van der Waals surface area contributed by atoms with Crippen molar-refractivity contribution in [2.24, 2.45) is 0 Å². The Morgan fingerprint density at radius 2 is 2.18 bits per heavy atom. The van der Waals surface area contributed by atoms with Crippen LogP contribution in [0.3, 0.4) is 0 Å². The van der Waals surface area contributed by atoms with Crippen LogP contribution in [0, 0.1) is 0 Å². The van der Waals surface area contributed by atoms with E-state index in [-0.39, 0.29) is 0 Å². The summed E-state index contributed by atoms with van der Waals surface area (Å²) in [6.45, 7) is 5.37. The van der Waals surface area contributed by atoms with Crippen LogP contribution in [0.5, 0.6) is 5.75 Å². The van der Waals surface area contributed by atoms with Gasteiger partial charge in [0.15, 0.2) is 0 Å². The Morgan fingerprint density at radius 3 is 2.82 bits per heavy atom. The molecule has 0 saturated carbocycles. The molecule has 3 heteroatoms. The minimum atomic E-state index is 0.423. The fraction of sp³-hybridized carbons (Fsp3) is 0.571.